The third-order valence-electron chi connectivity index (χ3n) is 4.28. The second-order valence-corrected chi connectivity index (χ2v) is 6.95. The van der Waals surface area contributed by atoms with Crippen LogP contribution in [0.4, 0.5) is 5.95 Å². The molecule has 3 aromatic rings. The second kappa shape index (κ2) is 7.64. The standard InChI is InChI=1S/C18H18N6OS/c25-9-2-4-14-10-17(26-13-14)16-12-24(22-21-16)15-5-1-8-23(11-15)18-19-6-3-7-20-18/h3,6-7,10,12-13,15,25H,1,5,8-9,11H2. The Morgan fingerprint density at radius 2 is 2.19 bits per heavy atom. The molecule has 0 saturated carbocycles. The van der Waals surface area contributed by atoms with Gasteiger partial charge in [0.1, 0.15) is 12.3 Å². The molecule has 1 aliphatic rings. The van der Waals surface area contributed by atoms with Gasteiger partial charge in [-0.2, -0.15) is 0 Å². The van der Waals surface area contributed by atoms with Crippen LogP contribution in [0.25, 0.3) is 10.6 Å². The van der Waals surface area contributed by atoms with E-state index in [-0.39, 0.29) is 12.6 Å². The van der Waals surface area contributed by atoms with Crippen molar-refractivity contribution in [3.8, 4) is 22.4 Å². The van der Waals surface area contributed by atoms with Crippen LogP contribution in [-0.2, 0) is 0 Å². The van der Waals surface area contributed by atoms with Crippen molar-refractivity contribution < 1.29 is 5.11 Å². The molecule has 0 bridgehead atoms. The zero-order chi connectivity index (χ0) is 17.8. The number of aliphatic hydroxyl groups excluding tert-OH is 1. The Morgan fingerprint density at radius 1 is 1.31 bits per heavy atom. The van der Waals surface area contributed by atoms with E-state index in [0.717, 1.165) is 48.0 Å². The van der Waals surface area contributed by atoms with E-state index in [1.54, 1.807) is 23.7 Å². The van der Waals surface area contributed by atoms with Crippen LogP contribution in [0.15, 0.2) is 36.1 Å². The molecular formula is C18H18N6OS. The number of nitrogens with zero attached hydrogens (tertiary/aromatic N) is 6. The first kappa shape index (κ1) is 16.7. The molecular weight excluding hydrogens is 348 g/mol. The van der Waals surface area contributed by atoms with Crippen molar-refractivity contribution >= 4 is 17.3 Å². The highest BCUT2D eigenvalue weighted by atomic mass is 32.1. The van der Waals surface area contributed by atoms with Crippen molar-refractivity contribution in [2.45, 2.75) is 18.9 Å². The molecule has 0 amide bonds. The summed E-state index contributed by atoms with van der Waals surface area (Å²) in [5.41, 5.74) is 1.74. The average molecular weight is 366 g/mol. The Labute approximate surface area is 155 Å². The third kappa shape index (κ3) is 3.59. The van der Waals surface area contributed by atoms with E-state index in [1.807, 2.05) is 28.4 Å². The lowest BCUT2D eigenvalue weighted by molar-refractivity contribution is 0.350. The first-order chi connectivity index (χ1) is 12.8. The maximum absolute atomic E-state index is 8.79. The van der Waals surface area contributed by atoms with Crippen molar-refractivity contribution in [3.05, 3.63) is 41.7 Å². The van der Waals surface area contributed by atoms with Gasteiger partial charge < -0.3 is 10.0 Å². The van der Waals surface area contributed by atoms with Gasteiger partial charge in [0.25, 0.3) is 0 Å². The van der Waals surface area contributed by atoms with Crippen LogP contribution in [-0.4, -0.2) is 49.8 Å². The topological polar surface area (TPSA) is 80.0 Å². The van der Waals surface area contributed by atoms with Crippen molar-refractivity contribution in [3.63, 3.8) is 0 Å². The Bertz CT molecular complexity index is 926. The molecule has 26 heavy (non-hydrogen) atoms. The summed E-state index contributed by atoms with van der Waals surface area (Å²) in [5, 5.41) is 19.4. The first-order valence-electron chi connectivity index (χ1n) is 8.46. The molecule has 4 rings (SSSR count). The number of hydrogen-bond acceptors (Lipinski definition) is 7. The predicted molar refractivity (Wildman–Crippen MR) is 99.8 cm³/mol. The maximum atomic E-state index is 8.79. The molecule has 1 fully saturated rings. The van der Waals surface area contributed by atoms with E-state index in [0.29, 0.717) is 0 Å². The van der Waals surface area contributed by atoms with Crippen LogP contribution in [0.5, 0.6) is 0 Å². The highest BCUT2D eigenvalue weighted by Crippen LogP contribution is 2.28. The monoisotopic (exact) mass is 366 g/mol. The van der Waals surface area contributed by atoms with Crippen LogP contribution >= 0.6 is 11.3 Å². The summed E-state index contributed by atoms with van der Waals surface area (Å²) < 4.78 is 1.95. The minimum atomic E-state index is -0.134. The number of anilines is 1. The van der Waals surface area contributed by atoms with Crippen LogP contribution in [0, 0.1) is 11.8 Å². The maximum Gasteiger partial charge on any atom is 0.225 e. The number of aromatic nitrogens is 5. The molecule has 8 heteroatoms. The molecule has 1 unspecified atom stereocenters. The van der Waals surface area contributed by atoms with E-state index >= 15 is 0 Å². The lowest BCUT2D eigenvalue weighted by Gasteiger charge is -2.32. The quantitative estimate of drug-likeness (QED) is 0.714. The molecule has 0 spiro atoms. The number of rotatable bonds is 3. The lowest BCUT2D eigenvalue weighted by atomic mass is 10.1. The molecule has 1 aliphatic heterocycles. The summed E-state index contributed by atoms with van der Waals surface area (Å²) in [6.07, 6.45) is 7.66. The van der Waals surface area contributed by atoms with Gasteiger partial charge in [0.15, 0.2) is 0 Å². The molecule has 3 aromatic heterocycles. The Morgan fingerprint density at radius 3 is 3.04 bits per heavy atom. The fraction of sp³-hybridized carbons (Fsp3) is 0.333. The minimum Gasteiger partial charge on any atom is -0.384 e. The van der Waals surface area contributed by atoms with Gasteiger partial charge in [-0.05, 0) is 25.0 Å². The van der Waals surface area contributed by atoms with Crippen molar-refractivity contribution in [1.82, 2.24) is 25.0 Å². The number of aliphatic hydroxyl groups is 1. The molecule has 0 aromatic carbocycles. The van der Waals surface area contributed by atoms with Gasteiger partial charge in [-0.3, -0.25) is 0 Å². The van der Waals surface area contributed by atoms with E-state index in [9.17, 15) is 0 Å². The normalized spacial score (nSPS) is 17.0. The summed E-state index contributed by atoms with van der Waals surface area (Å²) in [4.78, 5) is 11.9. The highest BCUT2D eigenvalue weighted by Gasteiger charge is 2.24. The molecule has 0 radical (unpaired) electrons. The molecule has 7 nitrogen and oxygen atoms in total. The lowest BCUT2D eigenvalue weighted by Crippen LogP contribution is -2.37. The Kier molecular flexibility index (Phi) is 4.91. The number of hydrogen-bond donors (Lipinski definition) is 1. The van der Waals surface area contributed by atoms with E-state index in [1.165, 1.54) is 0 Å². The SMILES string of the molecule is OCC#Cc1csc(-c2cn(C3CCCN(c4ncccn4)C3)nn2)c1. The molecule has 4 heterocycles. The molecule has 0 aliphatic carbocycles. The van der Waals surface area contributed by atoms with Crippen LogP contribution in [0.2, 0.25) is 0 Å². The fourth-order valence-electron chi connectivity index (χ4n) is 3.05. The molecule has 1 N–H and O–H groups in total. The zero-order valence-electron chi connectivity index (χ0n) is 14.1. The molecule has 1 saturated heterocycles. The Hall–Kier alpha value is -2.76. The average Bonchev–Trinajstić information content (AvgIpc) is 3.37. The zero-order valence-corrected chi connectivity index (χ0v) is 14.9. The summed E-state index contributed by atoms with van der Waals surface area (Å²) in [6, 6.07) is 4.06. The van der Waals surface area contributed by atoms with Gasteiger partial charge in [-0.1, -0.05) is 17.1 Å². The van der Waals surface area contributed by atoms with Crippen LogP contribution in [0.1, 0.15) is 24.4 Å². The van der Waals surface area contributed by atoms with Gasteiger partial charge in [0, 0.05) is 36.4 Å². The van der Waals surface area contributed by atoms with E-state index < -0.39 is 0 Å². The van der Waals surface area contributed by atoms with Gasteiger partial charge >= 0.3 is 0 Å². The largest absolute Gasteiger partial charge is 0.384 e. The van der Waals surface area contributed by atoms with Gasteiger partial charge in [-0.15, -0.1) is 16.4 Å². The van der Waals surface area contributed by atoms with Gasteiger partial charge in [0.2, 0.25) is 5.95 Å². The fourth-order valence-corrected chi connectivity index (χ4v) is 3.84. The van der Waals surface area contributed by atoms with Crippen LogP contribution < -0.4 is 4.90 Å². The van der Waals surface area contributed by atoms with E-state index in [2.05, 4.69) is 37.0 Å². The van der Waals surface area contributed by atoms with Crippen molar-refractivity contribution in [1.29, 1.82) is 0 Å². The van der Waals surface area contributed by atoms with Gasteiger partial charge in [0.05, 0.1) is 17.1 Å². The van der Waals surface area contributed by atoms with Crippen molar-refractivity contribution in [2.75, 3.05) is 24.6 Å². The van der Waals surface area contributed by atoms with Crippen molar-refractivity contribution in [2.24, 2.45) is 0 Å². The summed E-state index contributed by atoms with van der Waals surface area (Å²) >= 11 is 1.58. The summed E-state index contributed by atoms with van der Waals surface area (Å²) in [7, 11) is 0. The summed E-state index contributed by atoms with van der Waals surface area (Å²) in [5.74, 6) is 6.34. The number of thiophene rings is 1. The predicted octanol–water partition coefficient (Wildman–Crippen LogP) is 1.98. The summed E-state index contributed by atoms with van der Waals surface area (Å²) in [6.45, 7) is 1.65. The minimum absolute atomic E-state index is 0.134. The Balaban J connectivity index is 1.49. The molecule has 1 atom stereocenters. The first-order valence-corrected chi connectivity index (χ1v) is 9.34. The van der Waals surface area contributed by atoms with E-state index in [4.69, 9.17) is 5.11 Å². The highest BCUT2D eigenvalue weighted by molar-refractivity contribution is 7.13. The second-order valence-electron chi connectivity index (χ2n) is 6.03. The van der Waals surface area contributed by atoms with Crippen LogP contribution in [0.3, 0.4) is 0 Å². The third-order valence-corrected chi connectivity index (χ3v) is 5.23. The smallest absolute Gasteiger partial charge is 0.225 e. The molecule has 132 valence electrons. The van der Waals surface area contributed by atoms with Gasteiger partial charge in [-0.25, -0.2) is 14.6 Å². The number of piperidine rings is 1.